The highest BCUT2D eigenvalue weighted by Gasteiger charge is 2.34. The van der Waals surface area contributed by atoms with Crippen molar-refractivity contribution in [2.75, 3.05) is 14.2 Å². The van der Waals surface area contributed by atoms with Gasteiger partial charge in [0.2, 0.25) is 0 Å². The van der Waals surface area contributed by atoms with Gasteiger partial charge in [-0.2, -0.15) is 0 Å². The molecule has 5 heteroatoms. The van der Waals surface area contributed by atoms with Gasteiger partial charge in [-0.1, -0.05) is 78.9 Å². The van der Waals surface area contributed by atoms with Crippen LogP contribution in [0.2, 0.25) is 0 Å². The monoisotopic (exact) mass is 411 g/mol. The number of ether oxygens (including phenoxy) is 2. The molecule has 1 heterocycles. The number of hydrogen-bond donors (Lipinski definition) is 0. The third-order valence-corrected chi connectivity index (χ3v) is 5.06. The minimum Gasteiger partial charge on any atom is -0.465 e. The van der Waals surface area contributed by atoms with Gasteiger partial charge in [-0.25, -0.2) is 9.59 Å². The van der Waals surface area contributed by atoms with Crippen LogP contribution in [0.25, 0.3) is 28.2 Å². The summed E-state index contributed by atoms with van der Waals surface area (Å²) in [6.45, 7) is 0. The van der Waals surface area contributed by atoms with Crippen molar-refractivity contribution in [1.82, 2.24) is 4.57 Å². The third kappa shape index (κ3) is 3.62. The summed E-state index contributed by atoms with van der Waals surface area (Å²) >= 11 is 0. The van der Waals surface area contributed by atoms with Gasteiger partial charge in [0, 0.05) is 5.69 Å². The van der Waals surface area contributed by atoms with Gasteiger partial charge in [0.05, 0.1) is 25.6 Å². The first kappa shape index (κ1) is 20.2. The highest BCUT2D eigenvalue weighted by atomic mass is 16.5. The Bertz CT molecular complexity index is 1140. The van der Waals surface area contributed by atoms with E-state index in [1.807, 2.05) is 95.6 Å². The van der Waals surface area contributed by atoms with Gasteiger partial charge in [0.1, 0.15) is 11.1 Å². The van der Waals surface area contributed by atoms with E-state index in [0.717, 1.165) is 16.8 Å². The molecule has 0 unspecified atom stereocenters. The van der Waals surface area contributed by atoms with E-state index in [0.29, 0.717) is 11.4 Å². The quantitative estimate of drug-likeness (QED) is 0.414. The maximum Gasteiger partial charge on any atom is 0.340 e. The van der Waals surface area contributed by atoms with E-state index < -0.39 is 11.9 Å². The van der Waals surface area contributed by atoms with Gasteiger partial charge in [-0.3, -0.25) is 0 Å². The number of hydrogen-bond acceptors (Lipinski definition) is 4. The normalized spacial score (nSPS) is 10.5. The second kappa shape index (κ2) is 8.71. The lowest BCUT2D eigenvalue weighted by Crippen LogP contribution is -2.11. The van der Waals surface area contributed by atoms with Crippen LogP contribution in [0.1, 0.15) is 20.7 Å². The van der Waals surface area contributed by atoms with Crippen LogP contribution in [0.15, 0.2) is 91.0 Å². The molecular formula is C26H21NO4. The van der Waals surface area contributed by atoms with E-state index in [2.05, 4.69) is 0 Å². The fraction of sp³-hybridized carbons (Fsp3) is 0.0769. The average molecular weight is 411 g/mol. The van der Waals surface area contributed by atoms with E-state index in [9.17, 15) is 9.59 Å². The molecule has 5 nitrogen and oxygen atoms in total. The van der Waals surface area contributed by atoms with Crippen molar-refractivity contribution in [3.05, 3.63) is 102 Å². The zero-order chi connectivity index (χ0) is 21.8. The Morgan fingerprint density at radius 3 is 1.29 bits per heavy atom. The van der Waals surface area contributed by atoms with Crippen molar-refractivity contribution in [3.63, 3.8) is 0 Å². The summed E-state index contributed by atoms with van der Waals surface area (Å²) in [7, 11) is 2.61. The fourth-order valence-corrected chi connectivity index (χ4v) is 3.75. The highest BCUT2D eigenvalue weighted by Crippen LogP contribution is 2.40. The lowest BCUT2D eigenvalue weighted by atomic mass is 10.0. The minimum absolute atomic E-state index is 0.170. The Morgan fingerprint density at radius 1 is 0.581 bits per heavy atom. The second-order valence-electron chi connectivity index (χ2n) is 6.83. The van der Waals surface area contributed by atoms with E-state index in [-0.39, 0.29) is 11.1 Å². The standard InChI is InChI=1S/C26H21NO4/c1-30-25(28)21-22(26(29)31-2)24(19-14-8-4-9-15-19)27(20-16-10-5-11-17-20)23(21)18-12-6-3-7-13-18/h3-17H,1-2H3. The molecule has 0 amide bonds. The number of rotatable bonds is 5. The van der Waals surface area contributed by atoms with E-state index in [1.54, 1.807) is 0 Å². The van der Waals surface area contributed by atoms with E-state index >= 15 is 0 Å². The fourth-order valence-electron chi connectivity index (χ4n) is 3.75. The molecule has 31 heavy (non-hydrogen) atoms. The average Bonchev–Trinajstić information content (AvgIpc) is 3.21. The lowest BCUT2D eigenvalue weighted by Gasteiger charge is -2.15. The molecule has 0 aliphatic rings. The van der Waals surface area contributed by atoms with Crippen LogP contribution >= 0.6 is 0 Å². The Balaban J connectivity index is 2.24. The number of aromatic nitrogens is 1. The van der Waals surface area contributed by atoms with Gasteiger partial charge in [0.25, 0.3) is 0 Å². The van der Waals surface area contributed by atoms with Crippen molar-refractivity contribution in [1.29, 1.82) is 0 Å². The number of para-hydroxylation sites is 1. The van der Waals surface area contributed by atoms with Crippen molar-refractivity contribution >= 4 is 11.9 Å². The summed E-state index contributed by atoms with van der Waals surface area (Å²) in [4.78, 5) is 26.1. The first-order valence-electron chi connectivity index (χ1n) is 9.79. The molecule has 0 saturated carbocycles. The van der Waals surface area contributed by atoms with Crippen LogP contribution in [-0.2, 0) is 9.47 Å². The smallest absolute Gasteiger partial charge is 0.340 e. The SMILES string of the molecule is COC(=O)c1c(C(=O)OC)c(-c2ccccc2)n(-c2ccccc2)c1-c1ccccc1. The van der Waals surface area contributed by atoms with Crippen molar-refractivity contribution < 1.29 is 19.1 Å². The van der Waals surface area contributed by atoms with Crippen LogP contribution in [-0.4, -0.2) is 30.7 Å². The molecule has 1 aromatic heterocycles. The molecule has 0 spiro atoms. The zero-order valence-electron chi connectivity index (χ0n) is 17.2. The van der Waals surface area contributed by atoms with Crippen LogP contribution < -0.4 is 0 Å². The highest BCUT2D eigenvalue weighted by molar-refractivity contribution is 6.12. The van der Waals surface area contributed by atoms with E-state index in [4.69, 9.17) is 9.47 Å². The molecule has 154 valence electrons. The molecule has 0 saturated heterocycles. The first-order valence-corrected chi connectivity index (χ1v) is 9.79. The number of methoxy groups -OCH3 is 2. The predicted octanol–water partition coefficient (Wildman–Crippen LogP) is 5.38. The molecule has 0 fully saturated rings. The summed E-state index contributed by atoms with van der Waals surface area (Å²) in [6, 6.07) is 28.6. The first-order chi connectivity index (χ1) is 15.2. The maximum absolute atomic E-state index is 13.0. The summed E-state index contributed by atoms with van der Waals surface area (Å²) in [5.41, 5.74) is 3.83. The Kier molecular flexibility index (Phi) is 5.67. The number of benzene rings is 3. The lowest BCUT2D eigenvalue weighted by molar-refractivity contribution is 0.0558. The number of carbonyl (C=O) groups excluding carboxylic acids is 2. The second-order valence-corrected chi connectivity index (χ2v) is 6.83. The Labute approximate surface area is 180 Å². The molecule has 0 aliphatic heterocycles. The summed E-state index contributed by atoms with van der Waals surface area (Å²) < 4.78 is 12.1. The summed E-state index contributed by atoms with van der Waals surface area (Å²) in [5, 5.41) is 0. The van der Waals surface area contributed by atoms with E-state index in [1.165, 1.54) is 14.2 Å². The largest absolute Gasteiger partial charge is 0.465 e. The van der Waals surface area contributed by atoms with Crippen LogP contribution in [0.3, 0.4) is 0 Å². The maximum atomic E-state index is 13.0. The van der Waals surface area contributed by atoms with Gasteiger partial charge < -0.3 is 14.0 Å². The molecule has 0 bridgehead atoms. The molecule has 0 atom stereocenters. The topological polar surface area (TPSA) is 57.5 Å². The Hall–Kier alpha value is -4.12. The van der Waals surface area contributed by atoms with Crippen LogP contribution in [0.5, 0.6) is 0 Å². The van der Waals surface area contributed by atoms with Gasteiger partial charge in [-0.15, -0.1) is 0 Å². The van der Waals surface area contributed by atoms with Crippen LogP contribution in [0.4, 0.5) is 0 Å². The molecule has 3 aromatic carbocycles. The Morgan fingerprint density at radius 2 is 0.935 bits per heavy atom. The van der Waals surface area contributed by atoms with Crippen molar-refractivity contribution in [2.45, 2.75) is 0 Å². The van der Waals surface area contributed by atoms with Crippen molar-refractivity contribution in [3.8, 4) is 28.2 Å². The molecule has 0 radical (unpaired) electrons. The van der Waals surface area contributed by atoms with Gasteiger partial charge in [-0.05, 0) is 23.3 Å². The number of carbonyl (C=O) groups is 2. The van der Waals surface area contributed by atoms with Crippen LogP contribution in [0, 0.1) is 0 Å². The van der Waals surface area contributed by atoms with Crippen molar-refractivity contribution in [2.24, 2.45) is 0 Å². The molecule has 4 aromatic rings. The molecular weight excluding hydrogens is 390 g/mol. The third-order valence-electron chi connectivity index (χ3n) is 5.06. The van der Waals surface area contributed by atoms with Gasteiger partial charge >= 0.3 is 11.9 Å². The molecule has 0 aliphatic carbocycles. The predicted molar refractivity (Wildman–Crippen MR) is 119 cm³/mol. The number of esters is 2. The zero-order valence-corrected chi connectivity index (χ0v) is 17.2. The minimum atomic E-state index is -0.605. The summed E-state index contributed by atoms with van der Waals surface area (Å²) in [6.07, 6.45) is 0. The number of nitrogens with zero attached hydrogens (tertiary/aromatic N) is 1. The summed E-state index contributed by atoms with van der Waals surface area (Å²) in [5.74, 6) is -1.21. The van der Waals surface area contributed by atoms with Gasteiger partial charge in [0.15, 0.2) is 0 Å². The molecule has 0 N–H and O–H groups in total. The molecule has 4 rings (SSSR count).